The minimum atomic E-state index is -0.356. The largest absolute Gasteiger partial charge is 0.389 e. The zero-order valence-electron chi connectivity index (χ0n) is 10.2. The molecule has 1 saturated heterocycles. The Morgan fingerprint density at radius 2 is 1.87 bits per heavy atom. The molecule has 1 aliphatic heterocycles. The Bertz CT molecular complexity index is 203. The molecule has 0 bridgehead atoms. The lowest BCUT2D eigenvalue weighted by molar-refractivity contribution is -0.0600. The number of β-amino-alcohol motifs (C(OH)–C–C–N with tert-alkyl or cyclic N) is 1. The summed E-state index contributed by atoms with van der Waals surface area (Å²) in [5.74, 6) is 1.72. The highest BCUT2D eigenvalue weighted by molar-refractivity contribution is 4.91. The summed E-state index contributed by atoms with van der Waals surface area (Å²) < 4.78 is 0. The highest BCUT2D eigenvalue weighted by Crippen LogP contribution is 2.34. The van der Waals surface area contributed by atoms with E-state index in [9.17, 15) is 5.11 Å². The van der Waals surface area contributed by atoms with Crippen LogP contribution >= 0.6 is 0 Å². The second kappa shape index (κ2) is 4.42. The SMILES string of the molecule is CCC1CN(CC2(O)CCC(C)CC2)C1. The van der Waals surface area contributed by atoms with Crippen LogP contribution in [0.5, 0.6) is 0 Å². The van der Waals surface area contributed by atoms with Crippen LogP contribution in [0.2, 0.25) is 0 Å². The van der Waals surface area contributed by atoms with Gasteiger partial charge >= 0.3 is 0 Å². The quantitative estimate of drug-likeness (QED) is 0.774. The Hall–Kier alpha value is -0.0800. The number of rotatable bonds is 3. The minimum Gasteiger partial charge on any atom is -0.389 e. The van der Waals surface area contributed by atoms with Gasteiger partial charge in [0, 0.05) is 19.6 Å². The third kappa shape index (κ3) is 2.73. The molecule has 0 unspecified atom stereocenters. The molecule has 2 aliphatic rings. The summed E-state index contributed by atoms with van der Waals surface area (Å²) in [6.07, 6.45) is 5.75. The Labute approximate surface area is 93.7 Å². The van der Waals surface area contributed by atoms with Gasteiger partial charge in [0.25, 0.3) is 0 Å². The number of aliphatic hydroxyl groups is 1. The number of hydrogen-bond donors (Lipinski definition) is 1. The molecule has 0 radical (unpaired) electrons. The van der Waals surface area contributed by atoms with Crippen LogP contribution in [0.4, 0.5) is 0 Å². The first-order chi connectivity index (χ1) is 7.11. The van der Waals surface area contributed by atoms with Crippen LogP contribution in [0, 0.1) is 11.8 Å². The van der Waals surface area contributed by atoms with Crippen LogP contribution in [-0.4, -0.2) is 35.2 Å². The molecule has 1 heterocycles. The van der Waals surface area contributed by atoms with Gasteiger partial charge in [-0.25, -0.2) is 0 Å². The fourth-order valence-electron chi connectivity index (χ4n) is 2.94. The van der Waals surface area contributed by atoms with Crippen LogP contribution < -0.4 is 0 Å². The van der Waals surface area contributed by atoms with Crippen molar-refractivity contribution in [1.82, 2.24) is 4.90 Å². The van der Waals surface area contributed by atoms with Gasteiger partial charge in [-0.2, -0.15) is 0 Å². The van der Waals surface area contributed by atoms with E-state index in [2.05, 4.69) is 18.7 Å². The highest BCUT2D eigenvalue weighted by atomic mass is 16.3. The molecule has 2 fully saturated rings. The van der Waals surface area contributed by atoms with Gasteiger partial charge in [0.1, 0.15) is 0 Å². The molecule has 2 nitrogen and oxygen atoms in total. The van der Waals surface area contributed by atoms with Crippen molar-refractivity contribution in [2.24, 2.45) is 11.8 Å². The summed E-state index contributed by atoms with van der Waals surface area (Å²) in [6.45, 7) is 7.92. The van der Waals surface area contributed by atoms with Crippen molar-refractivity contribution in [3.8, 4) is 0 Å². The fraction of sp³-hybridized carbons (Fsp3) is 1.00. The number of nitrogens with zero attached hydrogens (tertiary/aromatic N) is 1. The van der Waals surface area contributed by atoms with Gasteiger partial charge in [0.2, 0.25) is 0 Å². The van der Waals surface area contributed by atoms with Gasteiger partial charge in [-0.1, -0.05) is 20.3 Å². The summed E-state index contributed by atoms with van der Waals surface area (Å²) in [4.78, 5) is 2.43. The Morgan fingerprint density at radius 1 is 1.27 bits per heavy atom. The number of hydrogen-bond acceptors (Lipinski definition) is 2. The Balaban J connectivity index is 1.74. The zero-order chi connectivity index (χ0) is 10.9. The van der Waals surface area contributed by atoms with E-state index < -0.39 is 0 Å². The first kappa shape index (κ1) is 11.4. The van der Waals surface area contributed by atoms with Gasteiger partial charge in [-0.15, -0.1) is 0 Å². The van der Waals surface area contributed by atoms with Crippen molar-refractivity contribution in [2.75, 3.05) is 19.6 Å². The van der Waals surface area contributed by atoms with E-state index in [1.165, 1.54) is 32.4 Å². The lowest BCUT2D eigenvalue weighted by Gasteiger charge is -2.45. The average molecular weight is 211 g/mol. The topological polar surface area (TPSA) is 23.5 Å². The van der Waals surface area contributed by atoms with Gasteiger partial charge in [-0.3, -0.25) is 4.90 Å². The maximum atomic E-state index is 10.4. The molecular weight excluding hydrogens is 186 g/mol. The molecule has 2 heteroatoms. The normalized spacial score (nSPS) is 39.0. The third-order valence-corrected chi connectivity index (χ3v) is 4.33. The molecular formula is C13H25NO. The highest BCUT2D eigenvalue weighted by Gasteiger charge is 2.36. The average Bonchev–Trinajstić information content (AvgIpc) is 2.16. The van der Waals surface area contributed by atoms with Crippen molar-refractivity contribution in [2.45, 2.75) is 51.6 Å². The van der Waals surface area contributed by atoms with E-state index in [-0.39, 0.29) is 5.60 Å². The maximum Gasteiger partial charge on any atom is 0.0774 e. The molecule has 0 amide bonds. The molecule has 0 aromatic heterocycles. The van der Waals surface area contributed by atoms with Crippen LogP contribution in [0.25, 0.3) is 0 Å². The van der Waals surface area contributed by atoms with E-state index in [0.717, 1.165) is 31.2 Å². The van der Waals surface area contributed by atoms with E-state index in [1.54, 1.807) is 0 Å². The monoisotopic (exact) mass is 211 g/mol. The van der Waals surface area contributed by atoms with Crippen LogP contribution in [0.1, 0.15) is 46.0 Å². The standard InChI is InChI=1S/C13H25NO/c1-3-12-8-14(9-12)10-13(15)6-4-11(2)5-7-13/h11-12,15H,3-10H2,1-2H3. The van der Waals surface area contributed by atoms with Crippen LogP contribution in [0.15, 0.2) is 0 Å². The lowest BCUT2D eigenvalue weighted by Crippen LogP contribution is -2.54. The van der Waals surface area contributed by atoms with E-state index >= 15 is 0 Å². The van der Waals surface area contributed by atoms with E-state index in [1.807, 2.05) is 0 Å². The zero-order valence-corrected chi connectivity index (χ0v) is 10.2. The Morgan fingerprint density at radius 3 is 2.40 bits per heavy atom. The molecule has 0 spiro atoms. The molecule has 0 aromatic rings. The number of likely N-dealkylation sites (tertiary alicyclic amines) is 1. The van der Waals surface area contributed by atoms with E-state index in [4.69, 9.17) is 0 Å². The smallest absolute Gasteiger partial charge is 0.0774 e. The van der Waals surface area contributed by atoms with Crippen LogP contribution in [0.3, 0.4) is 0 Å². The summed E-state index contributed by atoms with van der Waals surface area (Å²) in [5, 5.41) is 10.4. The van der Waals surface area contributed by atoms with Crippen molar-refractivity contribution in [1.29, 1.82) is 0 Å². The predicted octanol–water partition coefficient (Wildman–Crippen LogP) is 2.27. The molecule has 0 aromatic carbocycles. The van der Waals surface area contributed by atoms with Crippen molar-refractivity contribution < 1.29 is 5.11 Å². The van der Waals surface area contributed by atoms with Gasteiger partial charge < -0.3 is 5.11 Å². The predicted molar refractivity (Wildman–Crippen MR) is 62.8 cm³/mol. The summed E-state index contributed by atoms with van der Waals surface area (Å²) in [6, 6.07) is 0. The second-order valence-electron chi connectivity index (χ2n) is 5.88. The van der Waals surface area contributed by atoms with Crippen molar-refractivity contribution >= 4 is 0 Å². The maximum absolute atomic E-state index is 10.4. The van der Waals surface area contributed by atoms with E-state index in [0.29, 0.717) is 0 Å². The molecule has 1 aliphatic carbocycles. The van der Waals surface area contributed by atoms with Crippen molar-refractivity contribution in [3.63, 3.8) is 0 Å². The van der Waals surface area contributed by atoms with Gasteiger partial charge in [0.05, 0.1) is 5.60 Å². The lowest BCUT2D eigenvalue weighted by atomic mass is 9.78. The molecule has 1 saturated carbocycles. The second-order valence-corrected chi connectivity index (χ2v) is 5.88. The van der Waals surface area contributed by atoms with Crippen molar-refractivity contribution in [3.05, 3.63) is 0 Å². The first-order valence-corrected chi connectivity index (χ1v) is 6.56. The summed E-state index contributed by atoms with van der Waals surface area (Å²) in [5.41, 5.74) is -0.356. The third-order valence-electron chi connectivity index (χ3n) is 4.33. The molecule has 15 heavy (non-hydrogen) atoms. The Kier molecular flexibility index (Phi) is 3.36. The molecule has 2 rings (SSSR count). The summed E-state index contributed by atoms with van der Waals surface area (Å²) in [7, 11) is 0. The van der Waals surface area contributed by atoms with Gasteiger partial charge in [0.15, 0.2) is 0 Å². The summed E-state index contributed by atoms with van der Waals surface area (Å²) >= 11 is 0. The minimum absolute atomic E-state index is 0.356. The molecule has 1 N–H and O–H groups in total. The first-order valence-electron chi connectivity index (χ1n) is 6.56. The fourth-order valence-corrected chi connectivity index (χ4v) is 2.94. The van der Waals surface area contributed by atoms with Crippen LogP contribution in [-0.2, 0) is 0 Å². The molecule has 0 atom stereocenters. The molecule has 88 valence electrons. The van der Waals surface area contributed by atoms with Gasteiger partial charge in [-0.05, 0) is 37.5 Å².